The maximum Gasteiger partial charge on any atom is 0.119 e. The van der Waals surface area contributed by atoms with Crippen LogP contribution in [-0.2, 0) is 13.0 Å². The highest BCUT2D eigenvalue weighted by molar-refractivity contribution is 5.39. The molecule has 0 bridgehead atoms. The van der Waals surface area contributed by atoms with Gasteiger partial charge < -0.3 is 10.1 Å². The van der Waals surface area contributed by atoms with Crippen molar-refractivity contribution in [2.75, 3.05) is 14.2 Å². The van der Waals surface area contributed by atoms with Crippen LogP contribution in [0, 0.1) is 0 Å². The summed E-state index contributed by atoms with van der Waals surface area (Å²) in [6, 6.07) is 7.95. The highest BCUT2D eigenvalue weighted by atomic mass is 16.5. The number of rotatable bonds is 5. The summed E-state index contributed by atoms with van der Waals surface area (Å²) < 4.78 is 7.16. The van der Waals surface area contributed by atoms with Gasteiger partial charge in [0, 0.05) is 17.8 Å². The molecule has 2 aromatic rings. The Hall–Kier alpha value is -1.81. The molecule has 4 nitrogen and oxygen atoms in total. The monoisotopic (exact) mass is 245 g/mol. The van der Waals surface area contributed by atoms with Crippen LogP contribution in [0.4, 0.5) is 0 Å². The van der Waals surface area contributed by atoms with Gasteiger partial charge in [-0.15, -0.1) is 0 Å². The first kappa shape index (κ1) is 12.6. The summed E-state index contributed by atoms with van der Waals surface area (Å²) in [6.45, 7) is 3.00. The summed E-state index contributed by atoms with van der Waals surface area (Å²) in [4.78, 5) is 0. The smallest absolute Gasteiger partial charge is 0.119 e. The highest BCUT2D eigenvalue weighted by Crippen LogP contribution is 2.18. The third kappa shape index (κ3) is 2.38. The van der Waals surface area contributed by atoms with Crippen molar-refractivity contribution in [1.29, 1.82) is 0 Å². The maximum atomic E-state index is 5.17. The summed E-state index contributed by atoms with van der Waals surface area (Å²) >= 11 is 0. The molecule has 0 amide bonds. The molecular formula is C14H19N3O. The van der Waals surface area contributed by atoms with Gasteiger partial charge in [-0.05, 0) is 37.7 Å². The average molecular weight is 245 g/mol. The summed E-state index contributed by atoms with van der Waals surface area (Å²) in [6.07, 6.45) is 2.89. The molecule has 96 valence electrons. The molecule has 18 heavy (non-hydrogen) atoms. The predicted octanol–water partition coefficient (Wildman–Crippen LogP) is 2.16. The molecule has 4 heteroatoms. The maximum absolute atomic E-state index is 5.17. The van der Waals surface area contributed by atoms with Gasteiger partial charge in [0.25, 0.3) is 0 Å². The minimum Gasteiger partial charge on any atom is -0.497 e. The number of ether oxygens (including phenoxy) is 1. The normalized spacial score (nSPS) is 10.6. The molecule has 0 saturated carbocycles. The summed E-state index contributed by atoms with van der Waals surface area (Å²) in [5.41, 5.74) is 3.56. The fraction of sp³-hybridized carbons (Fsp3) is 0.357. The predicted molar refractivity (Wildman–Crippen MR) is 72.3 cm³/mol. The van der Waals surface area contributed by atoms with E-state index < -0.39 is 0 Å². The lowest BCUT2D eigenvalue weighted by atomic mass is 10.2. The van der Waals surface area contributed by atoms with E-state index in [1.165, 1.54) is 11.3 Å². The minimum absolute atomic E-state index is 0.847. The third-order valence-electron chi connectivity index (χ3n) is 2.97. The number of hydrogen-bond donors (Lipinski definition) is 1. The van der Waals surface area contributed by atoms with Crippen molar-refractivity contribution in [3.63, 3.8) is 0 Å². The largest absolute Gasteiger partial charge is 0.497 e. The van der Waals surface area contributed by atoms with E-state index in [2.05, 4.69) is 17.3 Å². The van der Waals surface area contributed by atoms with Gasteiger partial charge in [0.2, 0.25) is 0 Å². The van der Waals surface area contributed by atoms with Gasteiger partial charge in [0.15, 0.2) is 0 Å². The van der Waals surface area contributed by atoms with Crippen molar-refractivity contribution >= 4 is 0 Å². The molecule has 1 N–H and O–H groups in total. The first-order valence-electron chi connectivity index (χ1n) is 6.15. The second-order valence-corrected chi connectivity index (χ2v) is 4.11. The molecule has 0 unspecified atom stereocenters. The molecule has 0 aliphatic rings. The van der Waals surface area contributed by atoms with Crippen LogP contribution in [0.3, 0.4) is 0 Å². The Labute approximate surface area is 108 Å². The first-order chi connectivity index (χ1) is 8.80. The van der Waals surface area contributed by atoms with E-state index in [0.717, 1.165) is 24.4 Å². The summed E-state index contributed by atoms with van der Waals surface area (Å²) in [7, 11) is 3.62. The van der Waals surface area contributed by atoms with E-state index in [-0.39, 0.29) is 0 Å². The van der Waals surface area contributed by atoms with Crippen LogP contribution < -0.4 is 10.1 Å². The molecule has 0 fully saturated rings. The average Bonchev–Trinajstić information content (AvgIpc) is 2.82. The van der Waals surface area contributed by atoms with Gasteiger partial charge in [0.1, 0.15) is 5.75 Å². The van der Waals surface area contributed by atoms with Gasteiger partial charge in [-0.25, -0.2) is 4.68 Å². The molecule has 0 saturated heterocycles. The molecule has 2 rings (SSSR count). The Kier molecular flexibility index (Phi) is 3.99. The fourth-order valence-corrected chi connectivity index (χ4v) is 2.07. The van der Waals surface area contributed by atoms with Crippen LogP contribution in [0.2, 0.25) is 0 Å². The molecule has 0 spiro atoms. The molecule has 0 aliphatic heterocycles. The Morgan fingerprint density at radius 2 is 2.00 bits per heavy atom. The topological polar surface area (TPSA) is 39.1 Å². The summed E-state index contributed by atoms with van der Waals surface area (Å²) in [5, 5.41) is 7.64. The zero-order chi connectivity index (χ0) is 13.0. The standard InChI is InChI=1S/C14H19N3O/c1-4-14-11(9-15-2)10-16-17(14)12-5-7-13(18-3)8-6-12/h5-8,10,15H,4,9H2,1-3H3. The number of nitrogens with one attached hydrogen (secondary N) is 1. The van der Waals surface area contributed by atoms with Crippen LogP contribution in [0.5, 0.6) is 5.75 Å². The second-order valence-electron chi connectivity index (χ2n) is 4.11. The number of methoxy groups -OCH3 is 1. The summed E-state index contributed by atoms with van der Waals surface area (Å²) in [5.74, 6) is 0.861. The van der Waals surface area contributed by atoms with Crippen LogP contribution in [0.1, 0.15) is 18.2 Å². The lowest BCUT2D eigenvalue weighted by Crippen LogP contribution is -2.08. The van der Waals surface area contributed by atoms with E-state index in [1.807, 2.05) is 42.2 Å². The van der Waals surface area contributed by atoms with Gasteiger partial charge in [-0.2, -0.15) is 5.10 Å². The van der Waals surface area contributed by atoms with E-state index >= 15 is 0 Å². The van der Waals surface area contributed by atoms with Crippen molar-refractivity contribution in [2.24, 2.45) is 0 Å². The van der Waals surface area contributed by atoms with Crippen LogP contribution >= 0.6 is 0 Å². The Morgan fingerprint density at radius 1 is 1.28 bits per heavy atom. The first-order valence-corrected chi connectivity index (χ1v) is 6.15. The Balaban J connectivity index is 2.36. The second kappa shape index (κ2) is 5.69. The van der Waals surface area contributed by atoms with Crippen molar-refractivity contribution in [2.45, 2.75) is 19.9 Å². The van der Waals surface area contributed by atoms with Gasteiger partial charge in [-0.1, -0.05) is 6.92 Å². The van der Waals surface area contributed by atoms with Gasteiger partial charge in [0.05, 0.1) is 19.0 Å². The van der Waals surface area contributed by atoms with E-state index in [1.54, 1.807) is 7.11 Å². The van der Waals surface area contributed by atoms with E-state index in [9.17, 15) is 0 Å². The Morgan fingerprint density at radius 3 is 2.56 bits per heavy atom. The number of benzene rings is 1. The number of nitrogens with zero attached hydrogens (tertiary/aromatic N) is 2. The van der Waals surface area contributed by atoms with Gasteiger partial charge in [-0.3, -0.25) is 0 Å². The SMILES string of the molecule is CCc1c(CNC)cnn1-c1ccc(OC)cc1. The van der Waals surface area contributed by atoms with Crippen LogP contribution in [-0.4, -0.2) is 23.9 Å². The third-order valence-corrected chi connectivity index (χ3v) is 2.97. The fourth-order valence-electron chi connectivity index (χ4n) is 2.07. The van der Waals surface area contributed by atoms with E-state index in [0.29, 0.717) is 0 Å². The number of hydrogen-bond acceptors (Lipinski definition) is 3. The highest BCUT2D eigenvalue weighted by Gasteiger charge is 2.09. The van der Waals surface area contributed by atoms with E-state index in [4.69, 9.17) is 4.74 Å². The van der Waals surface area contributed by atoms with Crippen LogP contribution in [0.15, 0.2) is 30.5 Å². The Bertz CT molecular complexity index is 502. The molecule has 1 aromatic heterocycles. The zero-order valence-electron chi connectivity index (χ0n) is 11.1. The molecule has 0 aliphatic carbocycles. The quantitative estimate of drug-likeness (QED) is 0.877. The molecule has 1 aromatic carbocycles. The van der Waals surface area contributed by atoms with Crippen molar-refractivity contribution in [1.82, 2.24) is 15.1 Å². The minimum atomic E-state index is 0.847. The number of aromatic nitrogens is 2. The zero-order valence-corrected chi connectivity index (χ0v) is 11.1. The van der Waals surface area contributed by atoms with Crippen molar-refractivity contribution in [3.05, 3.63) is 41.7 Å². The van der Waals surface area contributed by atoms with Gasteiger partial charge >= 0.3 is 0 Å². The molecule has 0 atom stereocenters. The molecular weight excluding hydrogens is 226 g/mol. The van der Waals surface area contributed by atoms with Crippen molar-refractivity contribution in [3.8, 4) is 11.4 Å². The van der Waals surface area contributed by atoms with Crippen molar-refractivity contribution < 1.29 is 4.74 Å². The van der Waals surface area contributed by atoms with Crippen LogP contribution in [0.25, 0.3) is 5.69 Å². The lowest BCUT2D eigenvalue weighted by Gasteiger charge is -2.08. The molecule has 1 heterocycles. The molecule has 0 radical (unpaired) electrons. The lowest BCUT2D eigenvalue weighted by molar-refractivity contribution is 0.414.